The summed E-state index contributed by atoms with van der Waals surface area (Å²) in [5, 5.41) is 0.566. The van der Waals surface area contributed by atoms with E-state index in [1.54, 1.807) is 13.2 Å². The lowest BCUT2D eigenvalue weighted by Crippen LogP contribution is -1.96. The Balaban J connectivity index is 1.90. The third-order valence-electron chi connectivity index (χ3n) is 2.73. The van der Waals surface area contributed by atoms with Gasteiger partial charge in [0.1, 0.15) is 5.75 Å². The smallest absolute Gasteiger partial charge is 0.119 e. The van der Waals surface area contributed by atoms with Gasteiger partial charge in [-0.3, -0.25) is 0 Å². The molecule has 100 valence electrons. The fraction of sp³-hybridized carbons (Fsp3) is 0.200. The number of rotatable bonds is 5. The van der Waals surface area contributed by atoms with Crippen LogP contribution in [0.3, 0.4) is 0 Å². The molecule has 0 unspecified atom stereocenters. The van der Waals surface area contributed by atoms with E-state index in [2.05, 4.69) is 0 Å². The van der Waals surface area contributed by atoms with Gasteiger partial charge in [0, 0.05) is 0 Å². The van der Waals surface area contributed by atoms with E-state index in [9.17, 15) is 0 Å². The maximum atomic E-state index is 5.86. The summed E-state index contributed by atoms with van der Waals surface area (Å²) in [7, 11) is 1.65. The molecule has 0 aromatic heterocycles. The molecule has 3 nitrogen and oxygen atoms in total. The first-order valence-electron chi connectivity index (χ1n) is 5.93. The van der Waals surface area contributed by atoms with Crippen molar-refractivity contribution in [1.29, 1.82) is 0 Å². The Hall–Kier alpha value is -1.71. The first kappa shape index (κ1) is 13.7. The van der Waals surface area contributed by atoms with Gasteiger partial charge in [-0.25, -0.2) is 0 Å². The molecule has 0 fully saturated rings. The fourth-order valence-corrected chi connectivity index (χ4v) is 1.85. The van der Waals surface area contributed by atoms with Gasteiger partial charge in [0.05, 0.1) is 31.0 Å². The molecule has 0 radical (unpaired) electrons. The van der Waals surface area contributed by atoms with Gasteiger partial charge in [0.25, 0.3) is 0 Å². The molecule has 0 saturated carbocycles. The molecule has 0 amide bonds. The van der Waals surface area contributed by atoms with Crippen LogP contribution in [0.5, 0.6) is 5.75 Å². The summed E-state index contributed by atoms with van der Waals surface area (Å²) < 4.78 is 10.8. The van der Waals surface area contributed by atoms with Crippen LogP contribution < -0.4 is 10.5 Å². The van der Waals surface area contributed by atoms with E-state index in [0.29, 0.717) is 23.9 Å². The van der Waals surface area contributed by atoms with Crippen LogP contribution in [0.4, 0.5) is 5.69 Å². The van der Waals surface area contributed by atoms with Crippen LogP contribution in [0.1, 0.15) is 11.1 Å². The van der Waals surface area contributed by atoms with Crippen LogP contribution in [-0.4, -0.2) is 7.11 Å². The summed E-state index contributed by atoms with van der Waals surface area (Å²) in [6.07, 6.45) is 0. The summed E-state index contributed by atoms with van der Waals surface area (Å²) in [5.74, 6) is 0.830. The average molecular weight is 278 g/mol. The Kier molecular flexibility index (Phi) is 4.66. The van der Waals surface area contributed by atoms with Crippen molar-refractivity contribution in [2.24, 2.45) is 0 Å². The Bertz CT molecular complexity index is 558. The molecular formula is C15H16ClNO2. The number of benzene rings is 2. The molecule has 0 atom stereocenters. The van der Waals surface area contributed by atoms with Crippen LogP contribution in [0.15, 0.2) is 42.5 Å². The SMILES string of the molecule is COc1cccc(COCc2ccc(Cl)c(N)c2)c1. The molecule has 0 aliphatic carbocycles. The van der Waals surface area contributed by atoms with Gasteiger partial charge in [0.15, 0.2) is 0 Å². The molecule has 0 heterocycles. The molecule has 2 aromatic carbocycles. The summed E-state index contributed by atoms with van der Waals surface area (Å²) in [6.45, 7) is 1.03. The highest BCUT2D eigenvalue weighted by atomic mass is 35.5. The van der Waals surface area contributed by atoms with E-state index in [1.807, 2.05) is 36.4 Å². The van der Waals surface area contributed by atoms with Crippen molar-refractivity contribution >= 4 is 17.3 Å². The Labute approximate surface area is 117 Å². The fourth-order valence-electron chi connectivity index (χ4n) is 1.73. The Morgan fingerprint density at radius 1 is 1.05 bits per heavy atom. The molecule has 0 spiro atoms. The first-order chi connectivity index (χ1) is 9.19. The molecular weight excluding hydrogens is 262 g/mol. The second-order valence-corrected chi connectivity index (χ2v) is 4.61. The van der Waals surface area contributed by atoms with Crippen LogP contribution in [0.2, 0.25) is 5.02 Å². The molecule has 2 rings (SSSR count). The maximum Gasteiger partial charge on any atom is 0.119 e. The monoisotopic (exact) mass is 277 g/mol. The van der Waals surface area contributed by atoms with Crippen LogP contribution >= 0.6 is 11.6 Å². The van der Waals surface area contributed by atoms with E-state index in [1.165, 1.54) is 0 Å². The number of halogens is 1. The third-order valence-corrected chi connectivity index (χ3v) is 3.08. The number of ether oxygens (including phenoxy) is 2. The van der Waals surface area contributed by atoms with Crippen LogP contribution in [-0.2, 0) is 18.0 Å². The minimum atomic E-state index is 0.499. The number of hydrogen-bond donors (Lipinski definition) is 1. The summed E-state index contributed by atoms with van der Waals surface area (Å²) in [6, 6.07) is 13.3. The molecule has 19 heavy (non-hydrogen) atoms. The van der Waals surface area contributed by atoms with Gasteiger partial charge in [0.2, 0.25) is 0 Å². The summed E-state index contributed by atoms with van der Waals surface area (Å²) >= 11 is 5.86. The van der Waals surface area contributed by atoms with E-state index < -0.39 is 0 Å². The van der Waals surface area contributed by atoms with E-state index in [0.717, 1.165) is 16.9 Å². The highest BCUT2D eigenvalue weighted by Crippen LogP contribution is 2.20. The van der Waals surface area contributed by atoms with Crippen molar-refractivity contribution < 1.29 is 9.47 Å². The van der Waals surface area contributed by atoms with Gasteiger partial charge >= 0.3 is 0 Å². The number of methoxy groups -OCH3 is 1. The van der Waals surface area contributed by atoms with Crippen molar-refractivity contribution in [2.75, 3.05) is 12.8 Å². The summed E-state index contributed by atoms with van der Waals surface area (Å²) in [5.41, 5.74) is 8.39. The highest BCUT2D eigenvalue weighted by Gasteiger charge is 2.00. The van der Waals surface area contributed by atoms with Gasteiger partial charge < -0.3 is 15.2 Å². The minimum Gasteiger partial charge on any atom is -0.497 e. The van der Waals surface area contributed by atoms with Crippen LogP contribution in [0.25, 0.3) is 0 Å². The second kappa shape index (κ2) is 6.45. The Morgan fingerprint density at radius 2 is 1.79 bits per heavy atom. The molecule has 0 saturated heterocycles. The quantitative estimate of drug-likeness (QED) is 0.849. The zero-order valence-corrected chi connectivity index (χ0v) is 11.5. The second-order valence-electron chi connectivity index (χ2n) is 4.20. The number of anilines is 1. The van der Waals surface area contributed by atoms with Crippen molar-refractivity contribution in [3.8, 4) is 5.75 Å². The molecule has 0 bridgehead atoms. The van der Waals surface area contributed by atoms with Crippen molar-refractivity contribution in [2.45, 2.75) is 13.2 Å². The topological polar surface area (TPSA) is 44.5 Å². The molecule has 2 N–H and O–H groups in total. The minimum absolute atomic E-state index is 0.499. The predicted molar refractivity (Wildman–Crippen MR) is 77.4 cm³/mol. The molecule has 2 aromatic rings. The third kappa shape index (κ3) is 3.88. The lowest BCUT2D eigenvalue weighted by Gasteiger charge is -2.07. The highest BCUT2D eigenvalue weighted by molar-refractivity contribution is 6.33. The average Bonchev–Trinajstić information content (AvgIpc) is 2.43. The number of hydrogen-bond acceptors (Lipinski definition) is 3. The molecule has 0 aliphatic heterocycles. The van der Waals surface area contributed by atoms with E-state index >= 15 is 0 Å². The first-order valence-corrected chi connectivity index (χ1v) is 6.31. The van der Waals surface area contributed by atoms with Crippen LogP contribution in [0, 0.1) is 0 Å². The largest absolute Gasteiger partial charge is 0.497 e. The summed E-state index contributed by atoms with van der Waals surface area (Å²) in [4.78, 5) is 0. The molecule has 4 heteroatoms. The zero-order chi connectivity index (χ0) is 13.7. The van der Waals surface area contributed by atoms with Gasteiger partial charge in [-0.05, 0) is 35.4 Å². The van der Waals surface area contributed by atoms with Gasteiger partial charge in [-0.1, -0.05) is 29.8 Å². The lowest BCUT2D eigenvalue weighted by molar-refractivity contribution is 0.107. The maximum absolute atomic E-state index is 5.86. The number of nitrogens with two attached hydrogens (primary N) is 1. The van der Waals surface area contributed by atoms with Crippen molar-refractivity contribution in [3.05, 3.63) is 58.6 Å². The Morgan fingerprint density at radius 3 is 2.47 bits per heavy atom. The lowest BCUT2D eigenvalue weighted by atomic mass is 10.2. The van der Waals surface area contributed by atoms with Gasteiger partial charge in [-0.2, -0.15) is 0 Å². The van der Waals surface area contributed by atoms with E-state index in [4.69, 9.17) is 26.8 Å². The zero-order valence-electron chi connectivity index (χ0n) is 10.7. The van der Waals surface area contributed by atoms with Crippen molar-refractivity contribution in [3.63, 3.8) is 0 Å². The predicted octanol–water partition coefficient (Wildman–Crippen LogP) is 3.65. The van der Waals surface area contributed by atoms with Crippen molar-refractivity contribution in [1.82, 2.24) is 0 Å². The van der Waals surface area contributed by atoms with E-state index in [-0.39, 0.29) is 0 Å². The number of nitrogen functional groups attached to an aromatic ring is 1. The van der Waals surface area contributed by atoms with Gasteiger partial charge in [-0.15, -0.1) is 0 Å². The normalized spacial score (nSPS) is 10.4. The molecule has 0 aliphatic rings. The standard InChI is InChI=1S/C15H16ClNO2/c1-18-13-4-2-3-11(7-13)9-19-10-12-5-6-14(16)15(17)8-12/h2-8H,9-10,17H2,1H3.